The van der Waals surface area contributed by atoms with Gasteiger partial charge in [-0.15, -0.1) is 11.3 Å². The molecule has 2 aromatic heterocycles. The van der Waals surface area contributed by atoms with E-state index in [1.807, 2.05) is 49.1 Å². The summed E-state index contributed by atoms with van der Waals surface area (Å²) in [7, 11) is 0. The Kier molecular flexibility index (Phi) is 5.78. The van der Waals surface area contributed by atoms with Crippen LogP contribution in [0, 0.1) is 13.8 Å². The van der Waals surface area contributed by atoms with Crippen molar-refractivity contribution in [3.8, 4) is 10.6 Å². The molecule has 1 amide bonds. The fourth-order valence-electron chi connectivity index (χ4n) is 4.39. The Bertz CT molecular complexity index is 1100. The van der Waals surface area contributed by atoms with Crippen molar-refractivity contribution in [1.82, 2.24) is 19.9 Å². The van der Waals surface area contributed by atoms with Gasteiger partial charge in [0.15, 0.2) is 0 Å². The lowest BCUT2D eigenvalue weighted by atomic mass is 10.2. The summed E-state index contributed by atoms with van der Waals surface area (Å²) < 4.78 is 0. The smallest absolute Gasteiger partial charge is 0.265 e. The molecule has 2 saturated heterocycles. The van der Waals surface area contributed by atoms with E-state index in [1.165, 1.54) is 24.2 Å². The van der Waals surface area contributed by atoms with Crippen LogP contribution in [-0.2, 0) is 0 Å². The summed E-state index contributed by atoms with van der Waals surface area (Å²) in [5.41, 5.74) is 1.86. The van der Waals surface area contributed by atoms with Crippen molar-refractivity contribution in [2.24, 2.45) is 0 Å². The van der Waals surface area contributed by atoms with Gasteiger partial charge in [-0.2, -0.15) is 0 Å². The molecule has 166 valence electrons. The minimum Gasteiger partial charge on any atom is -0.356 e. The highest BCUT2D eigenvalue weighted by Gasteiger charge is 2.27. The van der Waals surface area contributed by atoms with Crippen LogP contribution in [0.2, 0.25) is 0 Å². The molecule has 0 unspecified atom stereocenters. The molecule has 2 fully saturated rings. The predicted molar refractivity (Wildman–Crippen MR) is 129 cm³/mol. The van der Waals surface area contributed by atoms with E-state index in [-0.39, 0.29) is 5.91 Å². The zero-order valence-corrected chi connectivity index (χ0v) is 19.4. The second-order valence-electron chi connectivity index (χ2n) is 8.40. The lowest BCUT2D eigenvalue weighted by Crippen LogP contribution is -2.49. The monoisotopic (exact) mass is 448 g/mol. The van der Waals surface area contributed by atoms with Crippen LogP contribution in [0.5, 0.6) is 0 Å². The predicted octanol–water partition coefficient (Wildman–Crippen LogP) is 3.78. The third-order valence-electron chi connectivity index (χ3n) is 6.14. The summed E-state index contributed by atoms with van der Waals surface area (Å²) in [6, 6.07) is 12.2. The van der Waals surface area contributed by atoms with E-state index in [0.717, 1.165) is 64.8 Å². The lowest BCUT2D eigenvalue weighted by Gasteiger charge is -2.35. The van der Waals surface area contributed by atoms with Crippen molar-refractivity contribution in [2.75, 3.05) is 49.1 Å². The average molecular weight is 449 g/mol. The standard InChI is InChI=1S/C24H28N6OS/c1-17-22(32-23(25-17)19-8-4-3-5-9-19)24(31)30-14-12-29(13-15-30)21-16-20(26-18(2)27-21)28-10-6-7-11-28/h3-5,8-9,16H,6-7,10-15H2,1-2H3. The molecule has 0 bridgehead atoms. The number of nitrogens with zero attached hydrogens (tertiary/aromatic N) is 6. The average Bonchev–Trinajstić information content (AvgIpc) is 3.49. The fourth-order valence-corrected chi connectivity index (χ4v) is 5.43. The number of aromatic nitrogens is 3. The van der Waals surface area contributed by atoms with Gasteiger partial charge in [0.25, 0.3) is 5.91 Å². The molecule has 0 spiro atoms. The third kappa shape index (κ3) is 4.19. The highest BCUT2D eigenvalue weighted by molar-refractivity contribution is 7.17. The fraction of sp³-hybridized carbons (Fsp3) is 0.417. The van der Waals surface area contributed by atoms with Gasteiger partial charge in [0.05, 0.1) is 5.69 Å². The number of rotatable bonds is 4. The summed E-state index contributed by atoms with van der Waals surface area (Å²) >= 11 is 1.49. The van der Waals surface area contributed by atoms with E-state index in [1.54, 1.807) is 0 Å². The second-order valence-corrected chi connectivity index (χ2v) is 9.40. The van der Waals surface area contributed by atoms with Gasteiger partial charge in [-0.3, -0.25) is 4.79 Å². The van der Waals surface area contributed by atoms with Gasteiger partial charge in [0, 0.05) is 50.9 Å². The summed E-state index contributed by atoms with van der Waals surface area (Å²) in [6.45, 7) is 8.92. The van der Waals surface area contributed by atoms with Gasteiger partial charge in [-0.05, 0) is 26.7 Å². The molecule has 5 rings (SSSR count). The number of benzene rings is 1. The number of amides is 1. The number of anilines is 2. The van der Waals surface area contributed by atoms with Crippen LogP contribution in [0.4, 0.5) is 11.6 Å². The Hall–Kier alpha value is -3.00. The third-order valence-corrected chi connectivity index (χ3v) is 7.34. The molecule has 2 aliphatic heterocycles. The summed E-state index contributed by atoms with van der Waals surface area (Å²) in [5.74, 6) is 2.87. The molecule has 0 atom stereocenters. The topological polar surface area (TPSA) is 65.5 Å². The maximum atomic E-state index is 13.2. The summed E-state index contributed by atoms with van der Waals surface area (Å²) in [5, 5.41) is 0.899. The van der Waals surface area contributed by atoms with Gasteiger partial charge < -0.3 is 14.7 Å². The first-order valence-corrected chi connectivity index (χ1v) is 12.1. The van der Waals surface area contributed by atoms with Crippen molar-refractivity contribution in [3.05, 3.63) is 52.8 Å². The minimum absolute atomic E-state index is 0.0819. The van der Waals surface area contributed by atoms with Gasteiger partial charge in [0.2, 0.25) is 0 Å². The number of carbonyl (C=O) groups excluding carboxylic acids is 1. The maximum absolute atomic E-state index is 13.2. The zero-order valence-electron chi connectivity index (χ0n) is 18.6. The molecular weight excluding hydrogens is 420 g/mol. The first kappa shape index (κ1) is 20.9. The Morgan fingerprint density at radius 3 is 2.12 bits per heavy atom. The van der Waals surface area contributed by atoms with Gasteiger partial charge in [-0.1, -0.05) is 30.3 Å². The number of carbonyl (C=O) groups is 1. The normalized spacial score (nSPS) is 16.6. The van der Waals surface area contributed by atoms with E-state index in [2.05, 4.69) is 30.8 Å². The highest BCUT2D eigenvalue weighted by atomic mass is 32.1. The van der Waals surface area contributed by atoms with E-state index in [0.29, 0.717) is 13.1 Å². The molecule has 0 N–H and O–H groups in total. The van der Waals surface area contributed by atoms with Crippen LogP contribution >= 0.6 is 11.3 Å². The molecule has 2 aliphatic rings. The van der Waals surface area contributed by atoms with Crippen molar-refractivity contribution < 1.29 is 4.79 Å². The van der Waals surface area contributed by atoms with E-state index in [9.17, 15) is 4.79 Å². The Morgan fingerprint density at radius 1 is 0.844 bits per heavy atom. The van der Waals surface area contributed by atoms with E-state index < -0.39 is 0 Å². The van der Waals surface area contributed by atoms with Gasteiger partial charge in [0.1, 0.15) is 27.3 Å². The van der Waals surface area contributed by atoms with Crippen LogP contribution < -0.4 is 9.80 Å². The molecule has 1 aromatic carbocycles. The highest BCUT2D eigenvalue weighted by Crippen LogP contribution is 2.29. The number of aryl methyl sites for hydroxylation is 2. The minimum atomic E-state index is 0.0819. The number of thiazole rings is 1. The SMILES string of the molecule is Cc1nc(N2CCCC2)cc(N2CCN(C(=O)c3sc(-c4ccccc4)nc3C)CC2)n1. The Labute approximate surface area is 192 Å². The number of piperazine rings is 1. The van der Waals surface area contributed by atoms with Gasteiger partial charge in [-0.25, -0.2) is 15.0 Å². The molecule has 8 heteroatoms. The molecule has 3 aromatic rings. The van der Waals surface area contributed by atoms with Crippen molar-refractivity contribution in [1.29, 1.82) is 0 Å². The van der Waals surface area contributed by atoms with Crippen molar-refractivity contribution >= 4 is 28.9 Å². The Balaban J connectivity index is 1.27. The summed E-state index contributed by atoms with van der Waals surface area (Å²) in [6.07, 6.45) is 2.45. The van der Waals surface area contributed by atoms with Gasteiger partial charge >= 0.3 is 0 Å². The molecule has 0 radical (unpaired) electrons. The lowest BCUT2D eigenvalue weighted by molar-refractivity contribution is 0.0750. The second kappa shape index (κ2) is 8.86. The molecule has 7 nitrogen and oxygen atoms in total. The van der Waals surface area contributed by atoms with Crippen LogP contribution in [-0.4, -0.2) is 65.0 Å². The molecule has 32 heavy (non-hydrogen) atoms. The zero-order chi connectivity index (χ0) is 22.1. The first-order valence-electron chi connectivity index (χ1n) is 11.3. The van der Waals surface area contributed by atoms with Crippen LogP contribution in [0.15, 0.2) is 36.4 Å². The van der Waals surface area contributed by atoms with Crippen molar-refractivity contribution in [2.45, 2.75) is 26.7 Å². The van der Waals surface area contributed by atoms with E-state index >= 15 is 0 Å². The largest absolute Gasteiger partial charge is 0.356 e. The summed E-state index contributed by atoms with van der Waals surface area (Å²) in [4.78, 5) is 34.5. The quantitative estimate of drug-likeness (QED) is 0.605. The maximum Gasteiger partial charge on any atom is 0.265 e. The Morgan fingerprint density at radius 2 is 1.47 bits per heavy atom. The van der Waals surface area contributed by atoms with Crippen LogP contribution in [0.1, 0.15) is 34.0 Å². The number of hydrogen-bond donors (Lipinski definition) is 0. The first-order chi connectivity index (χ1) is 15.6. The molecular formula is C24H28N6OS. The van der Waals surface area contributed by atoms with Crippen molar-refractivity contribution in [3.63, 3.8) is 0 Å². The molecule has 4 heterocycles. The molecule has 0 aliphatic carbocycles. The van der Waals surface area contributed by atoms with E-state index in [4.69, 9.17) is 0 Å². The van der Waals surface area contributed by atoms with Crippen LogP contribution in [0.25, 0.3) is 10.6 Å². The molecule has 0 saturated carbocycles. The van der Waals surface area contributed by atoms with Crippen LogP contribution in [0.3, 0.4) is 0 Å². The number of hydrogen-bond acceptors (Lipinski definition) is 7.